The van der Waals surface area contributed by atoms with E-state index in [0.29, 0.717) is 30.2 Å². The van der Waals surface area contributed by atoms with Crippen LogP contribution in [0.2, 0.25) is 0 Å². The lowest BCUT2D eigenvalue weighted by Crippen LogP contribution is -2.30. The van der Waals surface area contributed by atoms with E-state index < -0.39 is 16.0 Å². The van der Waals surface area contributed by atoms with Gasteiger partial charge in [-0.3, -0.25) is 0 Å². The lowest BCUT2D eigenvalue weighted by atomic mass is 10.2. The van der Waals surface area contributed by atoms with Gasteiger partial charge in [0.1, 0.15) is 18.1 Å². The van der Waals surface area contributed by atoms with Crippen LogP contribution in [0.3, 0.4) is 0 Å². The standard InChI is InChI=1S/C20H25NO6S/c1-5-21(6-2)28(23,24)18-10-7-15(8-11-18)20(22)27-14-16-13-17(25-3)9-12-19(16)26-4/h7-13H,5-6,14H2,1-4H3. The predicted molar refractivity (Wildman–Crippen MR) is 105 cm³/mol. The zero-order valence-electron chi connectivity index (χ0n) is 16.5. The monoisotopic (exact) mass is 407 g/mol. The summed E-state index contributed by atoms with van der Waals surface area (Å²) in [5.74, 6) is 0.642. The lowest BCUT2D eigenvalue weighted by molar-refractivity contribution is 0.0469. The van der Waals surface area contributed by atoms with Crippen LogP contribution in [0, 0.1) is 0 Å². The second-order valence-electron chi connectivity index (χ2n) is 5.87. The van der Waals surface area contributed by atoms with Gasteiger partial charge in [0.05, 0.1) is 24.7 Å². The molecule has 0 bridgehead atoms. The number of rotatable bonds is 9. The van der Waals surface area contributed by atoms with Gasteiger partial charge in [0.25, 0.3) is 0 Å². The van der Waals surface area contributed by atoms with E-state index in [1.165, 1.54) is 35.7 Å². The molecule has 0 aliphatic heterocycles. The molecule has 0 aliphatic rings. The third kappa shape index (κ3) is 4.82. The molecule has 0 atom stereocenters. The van der Waals surface area contributed by atoms with Crippen LogP contribution in [0.25, 0.3) is 0 Å². The van der Waals surface area contributed by atoms with Crippen LogP contribution in [0.4, 0.5) is 0 Å². The van der Waals surface area contributed by atoms with Crippen molar-refractivity contribution in [3.05, 3.63) is 53.6 Å². The Hall–Kier alpha value is -2.58. The molecule has 0 aliphatic carbocycles. The molecule has 2 aromatic rings. The average molecular weight is 407 g/mol. The molecule has 0 aromatic heterocycles. The van der Waals surface area contributed by atoms with E-state index >= 15 is 0 Å². The Bertz CT molecular complexity index is 905. The van der Waals surface area contributed by atoms with Gasteiger partial charge in [-0.1, -0.05) is 13.8 Å². The van der Waals surface area contributed by atoms with E-state index in [9.17, 15) is 13.2 Å². The maximum atomic E-state index is 12.5. The Kier molecular flexibility index (Phi) is 7.42. The maximum absolute atomic E-state index is 12.5. The Morgan fingerprint density at radius 3 is 2.14 bits per heavy atom. The SMILES string of the molecule is CCN(CC)S(=O)(=O)c1ccc(C(=O)OCc2cc(OC)ccc2OC)cc1. The van der Waals surface area contributed by atoms with Crippen LogP contribution in [0.15, 0.2) is 47.4 Å². The molecule has 28 heavy (non-hydrogen) atoms. The van der Waals surface area contributed by atoms with Crippen LogP contribution in [0.5, 0.6) is 11.5 Å². The minimum Gasteiger partial charge on any atom is -0.497 e. The summed E-state index contributed by atoms with van der Waals surface area (Å²) in [5.41, 5.74) is 0.927. The molecule has 0 unspecified atom stereocenters. The van der Waals surface area contributed by atoms with E-state index in [2.05, 4.69) is 0 Å². The first-order valence-electron chi connectivity index (χ1n) is 8.85. The number of sulfonamides is 1. The van der Waals surface area contributed by atoms with Crippen molar-refractivity contribution in [3.63, 3.8) is 0 Å². The van der Waals surface area contributed by atoms with Gasteiger partial charge in [-0.05, 0) is 42.5 Å². The second-order valence-corrected chi connectivity index (χ2v) is 7.81. The smallest absolute Gasteiger partial charge is 0.338 e. The number of esters is 1. The van der Waals surface area contributed by atoms with Gasteiger partial charge in [0, 0.05) is 18.7 Å². The predicted octanol–water partition coefficient (Wildman–Crippen LogP) is 3.09. The van der Waals surface area contributed by atoms with Crippen LogP contribution in [-0.2, 0) is 21.4 Å². The largest absolute Gasteiger partial charge is 0.497 e. The highest BCUT2D eigenvalue weighted by Crippen LogP contribution is 2.25. The van der Waals surface area contributed by atoms with Crippen molar-refractivity contribution in [2.75, 3.05) is 27.3 Å². The number of carbonyl (C=O) groups excluding carboxylic acids is 1. The van der Waals surface area contributed by atoms with Crippen molar-refractivity contribution in [2.45, 2.75) is 25.3 Å². The summed E-state index contributed by atoms with van der Waals surface area (Å²) in [6, 6.07) is 10.9. The molecule has 0 saturated heterocycles. The van der Waals surface area contributed by atoms with Gasteiger partial charge in [-0.25, -0.2) is 13.2 Å². The number of hydrogen-bond acceptors (Lipinski definition) is 6. The summed E-state index contributed by atoms with van der Waals surface area (Å²) in [6.45, 7) is 4.31. The number of ether oxygens (including phenoxy) is 3. The van der Waals surface area contributed by atoms with Gasteiger partial charge >= 0.3 is 5.97 Å². The van der Waals surface area contributed by atoms with E-state index in [1.807, 2.05) is 0 Å². The van der Waals surface area contributed by atoms with Crippen LogP contribution in [0.1, 0.15) is 29.8 Å². The summed E-state index contributed by atoms with van der Waals surface area (Å²) >= 11 is 0. The number of benzene rings is 2. The Balaban J connectivity index is 2.12. The Morgan fingerprint density at radius 2 is 1.61 bits per heavy atom. The maximum Gasteiger partial charge on any atom is 0.338 e. The van der Waals surface area contributed by atoms with Crippen LogP contribution >= 0.6 is 0 Å². The first kappa shape index (κ1) is 21.7. The Morgan fingerprint density at radius 1 is 0.964 bits per heavy atom. The van der Waals surface area contributed by atoms with Crippen molar-refractivity contribution in [2.24, 2.45) is 0 Å². The highest BCUT2D eigenvalue weighted by atomic mass is 32.2. The molecular formula is C20H25NO6S. The van der Waals surface area contributed by atoms with E-state index in [4.69, 9.17) is 14.2 Å². The quantitative estimate of drug-likeness (QED) is 0.594. The first-order chi connectivity index (χ1) is 13.4. The number of methoxy groups -OCH3 is 2. The average Bonchev–Trinajstić information content (AvgIpc) is 2.72. The molecule has 152 valence electrons. The molecule has 0 fully saturated rings. The fourth-order valence-corrected chi connectivity index (χ4v) is 4.15. The minimum absolute atomic E-state index is 0.00129. The highest BCUT2D eigenvalue weighted by molar-refractivity contribution is 7.89. The molecular weight excluding hydrogens is 382 g/mol. The number of nitrogens with zero attached hydrogens (tertiary/aromatic N) is 1. The molecule has 0 amide bonds. The summed E-state index contributed by atoms with van der Waals surface area (Å²) < 4.78 is 42.1. The van der Waals surface area contributed by atoms with E-state index in [0.717, 1.165) is 0 Å². The van der Waals surface area contributed by atoms with Crippen molar-refractivity contribution >= 4 is 16.0 Å². The van der Waals surface area contributed by atoms with E-state index in [1.54, 1.807) is 39.2 Å². The molecule has 8 heteroatoms. The minimum atomic E-state index is -3.56. The molecule has 0 saturated carbocycles. The summed E-state index contributed by atoms with van der Waals surface area (Å²) in [7, 11) is -0.488. The zero-order valence-corrected chi connectivity index (χ0v) is 17.3. The van der Waals surface area contributed by atoms with Crippen LogP contribution < -0.4 is 9.47 Å². The molecule has 0 N–H and O–H groups in total. The number of carbonyl (C=O) groups is 1. The van der Waals surface area contributed by atoms with Gasteiger partial charge < -0.3 is 14.2 Å². The lowest BCUT2D eigenvalue weighted by Gasteiger charge is -2.18. The molecule has 2 rings (SSSR count). The fourth-order valence-electron chi connectivity index (χ4n) is 2.70. The number of hydrogen-bond donors (Lipinski definition) is 0. The van der Waals surface area contributed by atoms with Crippen molar-refractivity contribution < 1.29 is 27.4 Å². The zero-order chi connectivity index (χ0) is 20.7. The molecule has 2 aromatic carbocycles. The summed E-state index contributed by atoms with van der Waals surface area (Å²) in [4.78, 5) is 12.5. The normalized spacial score (nSPS) is 11.3. The Labute approximate surface area is 165 Å². The summed E-state index contributed by atoms with van der Waals surface area (Å²) in [6.07, 6.45) is 0. The van der Waals surface area contributed by atoms with Gasteiger partial charge in [-0.15, -0.1) is 0 Å². The van der Waals surface area contributed by atoms with Crippen molar-refractivity contribution in [3.8, 4) is 11.5 Å². The third-order valence-electron chi connectivity index (χ3n) is 4.28. The topological polar surface area (TPSA) is 82.1 Å². The van der Waals surface area contributed by atoms with Crippen molar-refractivity contribution in [1.29, 1.82) is 0 Å². The van der Waals surface area contributed by atoms with Crippen molar-refractivity contribution in [1.82, 2.24) is 4.31 Å². The molecule has 0 radical (unpaired) electrons. The van der Waals surface area contributed by atoms with Crippen LogP contribution in [-0.4, -0.2) is 46.0 Å². The second kappa shape index (κ2) is 9.57. The highest BCUT2D eigenvalue weighted by Gasteiger charge is 2.22. The van der Waals surface area contributed by atoms with Gasteiger partial charge in [0.2, 0.25) is 10.0 Å². The summed E-state index contributed by atoms with van der Waals surface area (Å²) in [5, 5.41) is 0. The first-order valence-corrected chi connectivity index (χ1v) is 10.3. The third-order valence-corrected chi connectivity index (χ3v) is 6.34. The van der Waals surface area contributed by atoms with E-state index in [-0.39, 0.29) is 17.1 Å². The van der Waals surface area contributed by atoms with Gasteiger partial charge in [0.15, 0.2) is 0 Å². The molecule has 7 nitrogen and oxygen atoms in total. The molecule has 0 spiro atoms. The molecule has 0 heterocycles. The van der Waals surface area contributed by atoms with Gasteiger partial charge in [-0.2, -0.15) is 4.31 Å². The fraction of sp³-hybridized carbons (Fsp3) is 0.350.